The molecule has 0 aromatic heterocycles. The molecule has 0 bridgehead atoms. The van der Waals surface area contributed by atoms with Crippen LogP contribution >= 0.6 is 0 Å². The summed E-state index contributed by atoms with van der Waals surface area (Å²) in [5, 5.41) is 2.78. The third kappa shape index (κ3) is 3.10. The Labute approximate surface area is 118 Å². The predicted molar refractivity (Wildman–Crippen MR) is 75.3 cm³/mol. The molecule has 108 valence electrons. The van der Waals surface area contributed by atoms with Gasteiger partial charge < -0.3 is 15.0 Å². The molecule has 1 fully saturated rings. The maximum Gasteiger partial charge on any atom is 0.264 e. The van der Waals surface area contributed by atoms with Crippen LogP contribution in [0.1, 0.15) is 20.3 Å². The van der Waals surface area contributed by atoms with Gasteiger partial charge in [0, 0.05) is 13.1 Å². The zero-order valence-electron chi connectivity index (χ0n) is 11.8. The second kappa shape index (κ2) is 6.41. The lowest BCUT2D eigenvalue weighted by Crippen LogP contribution is -2.59. The van der Waals surface area contributed by atoms with E-state index in [4.69, 9.17) is 4.74 Å². The SMILES string of the molecule is CCC1C(=O)NCCN1C(=O)C(C)Oc1ccccc1. The molecule has 2 rings (SSSR count). The van der Waals surface area contributed by atoms with Crippen LogP contribution in [0, 0.1) is 0 Å². The maximum atomic E-state index is 12.4. The van der Waals surface area contributed by atoms with Gasteiger partial charge in [0.25, 0.3) is 5.91 Å². The minimum Gasteiger partial charge on any atom is -0.481 e. The quantitative estimate of drug-likeness (QED) is 0.898. The summed E-state index contributed by atoms with van der Waals surface area (Å²) in [5.41, 5.74) is 0. The highest BCUT2D eigenvalue weighted by molar-refractivity contribution is 5.90. The van der Waals surface area contributed by atoms with Gasteiger partial charge in [-0.15, -0.1) is 0 Å². The van der Waals surface area contributed by atoms with Gasteiger partial charge in [-0.3, -0.25) is 9.59 Å². The summed E-state index contributed by atoms with van der Waals surface area (Å²) in [4.78, 5) is 25.8. The van der Waals surface area contributed by atoms with Crippen LogP contribution < -0.4 is 10.1 Å². The number of para-hydroxylation sites is 1. The summed E-state index contributed by atoms with van der Waals surface area (Å²) in [6.07, 6.45) is 0.00710. The van der Waals surface area contributed by atoms with Gasteiger partial charge in [0.15, 0.2) is 6.10 Å². The van der Waals surface area contributed by atoms with Gasteiger partial charge in [-0.05, 0) is 25.5 Å². The first kappa shape index (κ1) is 14.4. The molecule has 0 spiro atoms. The summed E-state index contributed by atoms with van der Waals surface area (Å²) in [6, 6.07) is 8.83. The number of carbonyl (C=O) groups is 2. The Balaban J connectivity index is 2.04. The molecular weight excluding hydrogens is 256 g/mol. The third-order valence-electron chi connectivity index (χ3n) is 3.40. The van der Waals surface area contributed by atoms with Crippen molar-refractivity contribution in [2.75, 3.05) is 13.1 Å². The average Bonchev–Trinajstić information content (AvgIpc) is 2.47. The highest BCUT2D eigenvalue weighted by Crippen LogP contribution is 2.15. The molecule has 1 aliphatic rings. The van der Waals surface area contributed by atoms with Crippen LogP contribution in [0.15, 0.2) is 30.3 Å². The summed E-state index contributed by atoms with van der Waals surface area (Å²) >= 11 is 0. The molecule has 1 N–H and O–H groups in total. The lowest BCUT2D eigenvalue weighted by Gasteiger charge is -2.35. The fourth-order valence-corrected chi connectivity index (χ4v) is 2.37. The molecule has 1 saturated heterocycles. The lowest BCUT2D eigenvalue weighted by atomic mass is 10.1. The maximum absolute atomic E-state index is 12.4. The normalized spacial score (nSPS) is 20.2. The minimum absolute atomic E-state index is 0.0842. The van der Waals surface area contributed by atoms with Crippen molar-refractivity contribution in [3.63, 3.8) is 0 Å². The van der Waals surface area contributed by atoms with E-state index >= 15 is 0 Å². The van der Waals surface area contributed by atoms with E-state index in [1.165, 1.54) is 0 Å². The highest BCUT2D eigenvalue weighted by atomic mass is 16.5. The van der Waals surface area contributed by atoms with E-state index < -0.39 is 12.1 Å². The standard InChI is InChI=1S/C15H20N2O3/c1-3-13-14(18)16-9-10-17(13)15(19)11(2)20-12-7-5-4-6-8-12/h4-8,11,13H,3,9-10H2,1-2H3,(H,16,18). The molecule has 1 aliphatic heterocycles. The highest BCUT2D eigenvalue weighted by Gasteiger charge is 2.34. The van der Waals surface area contributed by atoms with Crippen molar-refractivity contribution in [2.45, 2.75) is 32.4 Å². The van der Waals surface area contributed by atoms with Gasteiger partial charge in [-0.2, -0.15) is 0 Å². The molecule has 0 radical (unpaired) electrons. The van der Waals surface area contributed by atoms with Crippen LogP contribution in [-0.4, -0.2) is 41.9 Å². The fraction of sp³-hybridized carbons (Fsp3) is 0.467. The van der Waals surface area contributed by atoms with E-state index in [0.29, 0.717) is 25.3 Å². The minimum atomic E-state index is -0.600. The monoisotopic (exact) mass is 276 g/mol. The van der Waals surface area contributed by atoms with Crippen molar-refractivity contribution in [1.29, 1.82) is 0 Å². The largest absolute Gasteiger partial charge is 0.481 e. The van der Waals surface area contributed by atoms with Crippen molar-refractivity contribution in [2.24, 2.45) is 0 Å². The van der Waals surface area contributed by atoms with E-state index in [9.17, 15) is 9.59 Å². The average molecular weight is 276 g/mol. The zero-order valence-corrected chi connectivity index (χ0v) is 11.8. The van der Waals surface area contributed by atoms with Crippen LogP contribution in [0.3, 0.4) is 0 Å². The molecule has 1 aromatic rings. The second-order valence-corrected chi connectivity index (χ2v) is 4.82. The molecule has 2 amide bonds. The number of amides is 2. The number of hydrogen-bond donors (Lipinski definition) is 1. The first-order chi connectivity index (χ1) is 9.63. The first-order valence-corrected chi connectivity index (χ1v) is 6.93. The Morgan fingerprint density at radius 2 is 2.15 bits per heavy atom. The number of nitrogens with one attached hydrogen (secondary N) is 1. The van der Waals surface area contributed by atoms with E-state index in [2.05, 4.69) is 5.32 Å². The molecule has 20 heavy (non-hydrogen) atoms. The fourth-order valence-electron chi connectivity index (χ4n) is 2.37. The third-order valence-corrected chi connectivity index (χ3v) is 3.40. The Bertz CT molecular complexity index is 475. The number of rotatable bonds is 4. The Kier molecular flexibility index (Phi) is 4.61. The van der Waals surface area contributed by atoms with Gasteiger partial charge >= 0.3 is 0 Å². The van der Waals surface area contributed by atoms with Gasteiger partial charge in [0.2, 0.25) is 5.91 Å². The van der Waals surface area contributed by atoms with Gasteiger partial charge in [0.1, 0.15) is 11.8 Å². The van der Waals surface area contributed by atoms with Crippen molar-refractivity contribution in [3.05, 3.63) is 30.3 Å². The first-order valence-electron chi connectivity index (χ1n) is 6.93. The van der Waals surface area contributed by atoms with Crippen molar-refractivity contribution < 1.29 is 14.3 Å². The predicted octanol–water partition coefficient (Wildman–Crippen LogP) is 1.19. The van der Waals surface area contributed by atoms with Gasteiger partial charge in [0.05, 0.1) is 0 Å². The van der Waals surface area contributed by atoms with Crippen LogP contribution in [0.4, 0.5) is 0 Å². The van der Waals surface area contributed by atoms with Crippen molar-refractivity contribution in [1.82, 2.24) is 10.2 Å². The second-order valence-electron chi connectivity index (χ2n) is 4.82. The molecule has 1 heterocycles. The smallest absolute Gasteiger partial charge is 0.264 e. The molecule has 0 saturated carbocycles. The Morgan fingerprint density at radius 3 is 2.80 bits per heavy atom. The van der Waals surface area contributed by atoms with Crippen LogP contribution in [0.5, 0.6) is 5.75 Å². The molecule has 1 aromatic carbocycles. The number of carbonyl (C=O) groups excluding carboxylic acids is 2. The molecule has 5 heteroatoms. The Hall–Kier alpha value is -2.04. The summed E-state index contributed by atoms with van der Waals surface area (Å²) < 4.78 is 5.63. The lowest BCUT2D eigenvalue weighted by molar-refractivity contribution is -0.148. The van der Waals surface area contributed by atoms with Crippen molar-refractivity contribution >= 4 is 11.8 Å². The van der Waals surface area contributed by atoms with Crippen LogP contribution in [-0.2, 0) is 9.59 Å². The number of ether oxygens (including phenoxy) is 1. The number of nitrogens with zero attached hydrogens (tertiary/aromatic N) is 1. The number of hydrogen-bond acceptors (Lipinski definition) is 3. The number of piperazine rings is 1. The van der Waals surface area contributed by atoms with Crippen LogP contribution in [0.25, 0.3) is 0 Å². The molecule has 5 nitrogen and oxygen atoms in total. The molecular formula is C15H20N2O3. The van der Waals surface area contributed by atoms with E-state index in [1.54, 1.807) is 11.8 Å². The summed E-state index contributed by atoms with van der Waals surface area (Å²) in [7, 11) is 0. The van der Waals surface area contributed by atoms with E-state index in [1.807, 2.05) is 37.3 Å². The zero-order chi connectivity index (χ0) is 14.5. The van der Waals surface area contributed by atoms with Crippen molar-refractivity contribution in [3.8, 4) is 5.75 Å². The molecule has 2 unspecified atom stereocenters. The molecule has 0 aliphatic carbocycles. The Morgan fingerprint density at radius 1 is 1.45 bits per heavy atom. The number of benzene rings is 1. The summed E-state index contributed by atoms with van der Waals surface area (Å²) in [5.74, 6) is 0.428. The van der Waals surface area contributed by atoms with Gasteiger partial charge in [-0.1, -0.05) is 25.1 Å². The summed E-state index contributed by atoms with van der Waals surface area (Å²) in [6.45, 7) is 4.65. The van der Waals surface area contributed by atoms with Crippen LogP contribution in [0.2, 0.25) is 0 Å². The van der Waals surface area contributed by atoms with Gasteiger partial charge in [-0.25, -0.2) is 0 Å². The molecule has 2 atom stereocenters. The van der Waals surface area contributed by atoms with E-state index in [-0.39, 0.29) is 11.8 Å². The topological polar surface area (TPSA) is 58.6 Å². The van der Waals surface area contributed by atoms with E-state index in [0.717, 1.165) is 0 Å².